The molecular formula is C12H19BrN2O4. The molecule has 0 radical (unpaired) electrons. The third-order valence-corrected chi connectivity index (χ3v) is 3.29. The fourth-order valence-corrected chi connectivity index (χ4v) is 2.38. The predicted octanol–water partition coefficient (Wildman–Crippen LogP) is 0.440. The Labute approximate surface area is 121 Å². The summed E-state index contributed by atoms with van der Waals surface area (Å²) < 4.78 is 4.84. The summed E-state index contributed by atoms with van der Waals surface area (Å²) in [5.41, 5.74) is -0.500. The Balaban J connectivity index is 2.87. The molecule has 19 heavy (non-hydrogen) atoms. The van der Waals surface area contributed by atoms with E-state index in [1.54, 1.807) is 6.92 Å². The number of carbonyl (C=O) groups is 3. The number of piperazine rings is 1. The van der Waals surface area contributed by atoms with Gasteiger partial charge in [0, 0.05) is 6.54 Å². The van der Waals surface area contributed by atoms with E-state index in [1.807, 2.05) is 13.8 Å². The molecule has 1 saturated heterocycles. The minimum atomic E-state index is -0.794. The molecule has 0 spiro atoms. The molecule has 1 rings (SSSR count). The first-order chi connectivity index (χ1) is 8.80. The molecule has 1 heterocycles. The Kier molecular flexibility index (Phi) is 5.34. The molecule has 6 nitrogen and oxygen atoms in total. The number of hydrogen-bond acceptors (Lipinski definition) is 4. The molecule has 0 aromatic rings. The fourth-order valence-electron chi connectivity index (χ4n) is 2.05. The van der Waals surface area contributed by atoms with E-state index in [2.05, 4.69) is 21.2 Å². The Bertz CT molecular complexity index is 384. The second-order valence-electron chi connectivity index (χ2n) is 5.05. The SMILES string of the molecule is CCOC(=O)CC1C(=O)NC(C)(C)CN1C(=O)CBr. The third kappa shape index (κ3) is 4.19. The molecule has 0 bridgehead atoms. The van der Waals surface area contributed by atoms with Gasteiger partial charge in [-0.1, -0.05) is 15.9 Å². The van der Waals surface area contributed by atoms with Crippen molar-refractivity contribution in [3.05, 3.63) is 0 Å². The molecule has 1 fully saturated rings. The van der Waals surface area contributed by atoms with Crippen LogP contribution in [-0.4, -0.2) is 52.7 Å². The molecule has 1 aliphatic rings. The van der Waals surface area contributed by atoms with Gasteiger partial charge in [0.05, 0.1) is 23.9 Å². The average molecular weight is 335 g/mol. The van der Waals surface area contributed by atoms with Crippen LogP contribution in [0.3, 0.4) is 0 Å². The number of carbonyl (C=O) groups excluding carboxylic acids is 3. The van der Waals surface area contributed by atoms with Gasteiger partial charge in [0.2, 0.25) is 11.8 Å². The lowest BCUT2D eigenvalue weighted by Gasteiger charge is -2.43. The lowest BCUT2D eigenvalue weighted by Crippen LogP contribution is -2.66. The van der Waals surface area contributed by atoms with E-state index in [-0.39, 0.29) is 30.2 Å². The molecule has 1 aliphatic heterocycles. The van der Waals surface area contributed by atoms with E-state index in [0.717, 1.165) is 0 Å². The van der Waals surface area contributed by atoms with Crippen LogP contribution in [0.1, 0.15) is 27.2 Å². The predicted molar refractivity (Wildman–Crippen MR) is 72.8 cm³/mol. The highest BCUT2D eigenvalue weighted by molar-refractivity contribution is 9.09. The highest BCUT2D eigenvalue weighted by Gasteiger charge is 2.41. The molecule has 0 aromatic heterocycles. The maximum atomic E-state index is 12.1. The number of nitrogens with one attached hydrogen (secondary N) is 1. The monoisotopic (exact) mass is 334 g/mol. The molecule has 1 atom stereocenters. The average Bonchev–Trinajstić information content (AvgIpc) is 2.31. The smallest absolute Gasteiger partial charge is 0.308 e. The zero-order chi connectivity index (χ0) is 14.6. The van der Waals surface area contributed by atoms with Crippen LogP contribution < -0.4 is 5.32 Å². The van der Waals surface area contributed by atoms with Crippen molar-refractivity contribution in [3.8, 4) is 0 Å². The molecule has 2 amide bonds. The summed E-state index contributed by atoms with van der Waals surface area (Å²) in [6.45, 7) is 5.99. The largest absolute Gasteiger partial charge is 0.466 e. The van der Waals surface area contributed by atoms with E-state index in [9.17, 15) is 14.4 Å². The summed E-state index contributed by atoms with van der Waals surface area (Å²) in [5.74, 6) is -1.01. The first kappa shape index (κ1) is 15.9. The van der Waals surface area contributed by atoms with Gasteiger partial charge < -0.3 is 15.0 Å². The molecule has 0 aromatic carbocycles. The van der Waals surface area contributed by atoms with E-state index in [0.29, 0.717) is 6.54 Å². The number of ether oxygens (including phenoxy) is 1. The van der Waals surface area contributed by atoms with Crippen molar-refractivity contribution < 1.29 is 19.1 Å². The van der Waals surface area contributed by atoms with Crippen molar-refractivity contribution in [2.75, 3.05) is 18.5 Å². The van der Waals surface area contributed by atoms with Crippen LogP contribution >= 0.6 is 15.9 Å². The summed E-state index contributed by atoms with van der Waals surface area (Å²) in [6.07, 6.45) is -0.117. The molecule has 0 aliphatic carbocycles. The second-order valence-corrected chi connectivity index (χ2v) is 5.61. The van der Waals surface area contributed by atoms with Crippen molar-refractivity contribution in [2.45, 2.75) is 38.8 Å². The highest BCUT2D eigenvalue weighted by atomic mass is 79.9. The number of hydrogen-bond donors (Lipinski definition) is 1. The Morgan fingerprint density at radius 1 is 1.53 bits per heavy atom. The Morgan fingerprint density at radius 2 is 2.16 bits per heavy atom. The minimum Gasteiger partial charge on any atom is -0.466 e. The summed E-state index contributed by atoms with van der Waals surface area (Å²) in [6, 6.07) is -0.794. The normalized spacial score (nSPS) is 21.8. The van der Waals surface area contributed by atoms with Gasteiger partial charge in [0.15, 0.2) is 0 Å². The first-order valence-corrected chi connectivity index (χ1v) is 7.26. The van der Waals surface area contributed by atoms with E-state index >= 15 is 0 Å². The molecule has 108 valence electrons. The lowest BCUT2D eigenvalue weighted by atomic mass is 9.96. The summed E-state index contributed by atoms with van der Waals surface area (Å²) in [7, 11) is 0. The number of rotatable bonds is 4. The number of amides is 2. The van der Waals surface area contributed by atoms with Gasteiger partial charge in [-0.25, -0.2) is 0 Å². The summed E-state index contributed by atoms with van der Waals surface area (Å²) in [4.78, 5) is 36.9. The van der Waals surface area contributed by atoms with Gasteiger partial charge >= 0.3 is 5.97 Å². The van der Waals surface area contributed by atoms with Crippen molar-refractivity contribution in [3.63, 3.8) is 0 Å². The van der Waals surface area contributed by atoms with Gasteiger partial charge in [-0.05, 0) is 20.8 Å². The summed E-state index contributed by atoms with van der Waals surface area (Å²) >= 11 is 3.09. The van der Waals surface area contributed by atoms with Gasteiger partial charge in [-0.2, -0.15) is 0 Å². The van der Waals surface area contributed by atoms with E-state index < -0.39 is 17.6 Å². The van der Waals surface area contributed by atoms with Gasteiger partial charge in [0.25, 0.3) is 0 Å². The van der Waals surface area contributed by atoms with Crippen LogP contribution in [0, 0.1) is 0 Å². The Morgan fingerprint density at radius 3 is 2.68 bits per heavy atom. The van der Waals surface area contributed by atoms with Gasteiger partial charge in [0.1, 0.15) is 6.04 Å². The number of nitrogens with zero attached hydrogens (tertiary/aromatic N) is 1. The number of halogens is 1. The number of alkyl halides is 1. The van der Waals surface area contributed by atoms with Crippen molar-refractivity contribution in [1.82, 2.24) is 10.2 Å². The standard InChI is InChI=1S/C12H19BrN2O4/c1-4-19-10(17)5-8-11(18)14-12(2,3)7-15(8)9(16)6-13/h8H,4-7H2,1-3H3,(H,14,18). The van der Waals surface area contributed by atoms with Crippen molar-refractivity contribution >= 4 is 33.7 Å². The second kappa shape index (κ2) is 6.36. The zero-order valence-electron chi connectivity index (χ0n) is 11.4. The molecule has 0 saturated carbocycles. The quantitative estimate of drug-likeness (QED) is 0.598. The lowest BCUT2D eigenvalue weighted by molar-refractivity contribution is -0.153. The molecular weight excluding hydrogens is 316 g/mol. The van der Waals surface area contributed by atoms with Gasteiger partial charge in [-0.15, -0.1) is 0 Å². The fraction of sp³-hybridized carbons (Fsp3) is 0.750. The summed E-state index contributed by atoms with van der Waals surface area (Å²) in [5, 5.41) is 2.93. The third-order valence-electron chi connectivity index (χ3n) is 2.81. The van der Waals surface area contributed by atoms with Crippen molar-refractivity contribution in [1.29, 1.82) is 0 Å². The maximum Gasteiger partial charge on any atom is 0.308 e. The van der Waals surface area contributed by atoms with Crippen LogP contribution in [-0.2, 0) is 19.1 Å². The minimum absolute atomic E-state index is 0.117. The van der Waals surface area contributed by atoms with Crippen LogP contribution in [0.25, 0.3) is 0 Å². The van der Waals surface area contributed by atoms with Crippen LogP contribution in [0.15, 0.2) is 0 Å². The van der Waals surface area contributed by atoms with Gasteiger partial charge in [-0.3, -0.25) is 14.4 Å². The van der Waals surface area contributed by atoms with Crippen LogP contribution in [0.5, 0.6) is 0 Å². The molecule has 1 unspecified atom stereocenters. The van der Waals surface area contributed by atoms with E-state index in [1.165, 1.54) is 4.90 Å². The zero-order valence-corrected chi connectivity index (χ0v) is 12.9. The Hall–Kier alpha value is -1.11. The molecule has 7 heteroatoms. The van der Waals surface area contributed by atoms with Crippen molar-refractivity contribution in [2.24, 2.45) is 0 Å². The number of esters is 1. The van der Waals surface area contributed by atoms with Crippen LogP contribution in [0.4, 0.5) is 0 Å². The molecule has 1 N–H and O–H groups in total. The first-order valence-electron chi connectivity index (χ1n) is 6.14. The topological polar surface area (TPSA) is 75.7 Å². The van der Waals surface area contributed by atoms with Crippen LogP contribution in [0.2, 0.25) is 0 Å². The highest BCUT2D eigenvalue weighted by Crippen LogP contribution is 2.19. The van der Waals surface area contributed by atoms with E-state index in [4.69, 9.17) is 4.74 Å². The maximum absolute atomic E-state index is 12.1.